The second-order valence-electron chi connectivity index (χ2n) is 2.44. The Balaban J connectivity index is 2.52. The monoisotopic (exact) mass is 190 g/mol. The van der Waals surface area contributed by atoms with Gasteiger partial charge in [-0.3, -0.25) is 4.98 Å². The Labute approximate surface area is 79.0 Å². The molecule has 0 amide bonds. The highest BCUT2D eigenvalue weighted by Crippen LogP contribution is 2.33. The predicted molar refractivity (Wildman–Crippen MR) is 53.0 cm³/mol. The summed E-state index contributed by atoms with van der Waals surface area (Å²) in [4.78, 5) is 15.4. The molecule has 4 heteroatoms. The fourth-order valence-corrected chi connectivity index (χ4v) is 1.86. The highest BCUT2D eigenvalue weighted by atomic mass is 32.1. The van der Waals surface area contributed by atoms with Gasteiger partial charge in [-0.15, -0.1) is 16.2 Å². The average molecular weight is 190 g/mol. The van der Waals surface area contributed by atoms with Crippen LogP contribution in [-0.4, -0.2) is 4.98 Å². The summed E-state index contributed by atoms with van der Waals surface area (Å²) in [6, 6.07) is 7.28. The number of thiophene rings is 1. The van der Waals surface area contributed by atoms with Crippen molar-refractivity contribution in [2.24, 2.45) is 5.18 Å². The minimum atomic E-state index is 0.462. The van der Waals surface area contributed by atoms with E-state index in [1.807, 2.05) is 23.6 Å². The summed E-state index contributed by atoms with van der Waals surface area (Å²) in [5.41, 5.74) is 1.26. The lowest BCUT2D eigenvalue weighted by Crippen LogP contribution is -1.76. The molecule has 0 saturated heterocycles. The second-order valence-corrected chi connectivity index (χ2v) is 3.36. The van der Waals surface area contributed by atoms with E-state index in [4.69, 9.17) is 0 Å². The molecule has 2 heterocycles. The Morgan fingerprint density at radius 3 is 2.92 bits per heavy atom. The third kappa shape index (κ3) is 1.48. The maximum atomic E-state index is 10.4. The molecule has 2 aromatic rings. The Bertz CT molecular complexity index is 411. The molecule has 2 rings (SSSR count). The normalized spacial score (nSPS) is 9.85. The van der Waals surface area contributed by atoms with Crippen LogP contribution in [0.1, 0.15) is 0 Å². The van der Waals surface area contributed by atoms with E-state index < -0.39 is 0 Å². The largest absolute Gasteiger partial charge is 0.255 e. The summed E-state index contributed by atoms with van der Waals surface area (Å²) < 4.78 is 0. The fraction of sp³-hybridized carbons (Fsp3) is 0. The van der Waals surface area contributed by atoms with Crippen LogP contribution >= 0.6 is 11.3 Å². The molecule has 0 aliphatic carbocycles. The Hall–Kier alpha value is -1.55. The first-order valence-corrected chi connectivity index (χ1v) is 4.62. The predicted octanol–water partition coefficient (Wildman–Crippen LogP) is 3.21. The second kappa shape index (κ2) is 3.45. The van der Waals surface area contributed by atoms with Crippen LogP contribution in [0.2, 0.25) is 0 Å². The van der Waals surface area contributed by atoms with Gasteiger partial charge < -0.3 is 0 Å². The van der Waals surface area contributed by atoms with Crippen LogP contribution in [0, 0.1) is 4.91 Å². The molecular weight excluding hydrogens is 184 g/mol. The summed E-state index contributed by atoms with van der Waals surface area (Å²) in [6.07, 6.45) is 1.70. The number of pyridine rings is 1. The molecule has 3 nitrogen and oxygen atoms in total. The Morgan fingerprint density at radius 2 is 2.23 bits per heavy atom. The quantitative estimate of drug-likeness (QED) is 0.682. The zero-order valence-corrected chi connectivity index (χ0v) is 7.49. The summed E-state index contributed by atoms with van der Waals surface area (Å²) in [5, 5.41) is 4.76. The molecule has 64 valence electrons. The van der Waals surface area contributed by atoms with Crippen molar-refractivity contribution in [3.63, 3.8) is 0 Å². The molecule has 0 bridgehead atoms. The standard InChI is InChI=1S/C9H6N2OS/c12-11-8-4-6-13-9(8)7-3-1-2-5-10-7/h1-6H. The van der Waals surface area contributed by atoms with E-state index in [1.54, 1.807) is 12.3 Å². The summed E-state index contributed by atoms with van der Waals surface area (Å²) >= 11 is 1.47. The number of aromatic nitrogens is 1. The van der Waals surface area contributed by atoms with Crippen LogP contribution in [0.4, 0.5) is 5.69 Å². The molecule has 0 spiro atoms. The molecule has 0 aliphatic heterocycles. The van der Waals surface area contributed by atoms with Crippen molar-refractivity contribution in [2.75, 3.05) is 0 Å². The lowest BCUT2D eigenvalue weighted by atomic mass is 10.3. The maximum absolute atomic E-state index is 10.4. The van der Waals surface area contributed by atoms with E-state index in [0.29, 0.717) is 5.69 Å². The molecule has 0 aliphatic rings. The van der Waals surface area contributed by atoms with Gasteiger partial charge >= 0.3 is 0 Å². The number of hydrogen-bond acceptors (Lipinski definition) is 4. The smallest absolute Gasteiger partial charge is 0.128 e. The number of nitroso groups, excluding NO2 is 1. The molecule has 0 atom stereocenters. The number of rotatable bonds is 2. The summed E-state index contributed by atoms with van der Waals surface area (Å²) in [7, 11) is 0. The van der Waals surface area contributed by atoms with Crippen molar-refractivity contribution >= 4 is 17.0 Å². The minimum Gasteiger partial charge on any atom is -0.255 e. The molecule has 0 fully saturated rings. The fourth-order valence-electron chi connectivity index (χ4n) is 1.06. The van der Waals surface area contributed by atoms with Crippen LogP contribution < -0.4 is 0 Å². The van der Waals surface area contributed by atoms with Gasteiger partial charge in [-0.2, -0.15) is 0 Å². The zero-order chi connectivity index (χ0) is 9.10. The van der Waals surface area contributed by atoms with Crippen LogP contribution in [0.15, 0.2) is 41.0 Å². The molecule has 0 N–H and O–H groups in total. The molecule has 2 aromatic heterocycles. The first-order chi connectivity index (χ1) is 6.42. The Kier molecular flexibility index (Phi) is 2.14. The molecule has 0 radical (unpaired) electrons. The van der Waals surface area contributed by atoms with Crippen LogP contribution in [0.5, 0.6) is 0 Å². The summed E-state index contributed by atoms with van der Waals surface area (Å²) in [5.74, 6) is 0. The topological polar surface area (TPSA) is 42.3 Å². The minimum absolute atomic E-state index is 0.462. The molecule has 0 saturated carbocycles. The Morgan fingerprint density at radius 1 is 1.31 bits per heavy atom. The van der Waals surface area contributed by atoms with Gasteiger partial charge in [-0.05, 0) is 28.8 Å². The molecule has 0 aromatic carbocycles. The first-order valence-electron chi connectivity index (χ1n) is 3.74. The van der Waals surface area contributed by atoms with Crippen molar-refractivity contribution in [1.82, 2.24) is 4.98 Å². The van der Waals surface area contributed by atoms with Gasteiger partial charge in [0, 0.05) is 6.20 Å². The third-order valence-electron chi connectivity index (χ3n) is 1.64. The summed E-state index contributed by atoms with van der Waals surface area (Å²) in [6.45, 7) is 0. The first kappa shape index (κ1) is 8.07. The van der Waals surface area contributed by atoms with Crippen molar-refractivity contribution in [3.05, 3.63) is 40.7 Å². The van der Waals surface area contributed by atoms with E-state index in [9.17, 15) is 4.91 Å². The molecular formula is C9H6N2OS. The van der Waals surface area contributed by atoms with Gasteiger partial charge in [0.2, 0.25) is 0 Å². The molecule has 0 unspecified atom stereocenters. The highest BCUT2D eigenvalue weighted by Gasteiger charge is 2.06. The number of nitrogens with zero attached hydrogens (tertiary/aromatic N) is 2. The van der Waals surface area contributed by atoms with E-state index in [1.165, 1.54) is 11.3 Å². The van der Waals surface area contributed by atoms with Crippen LogP contribution in [-0.2, 0) is 0 Å². The van der Waals surface area contributed by atoms with E-state index in [2.05, 4.69) is 10.2 Å². The lowest BCUT2D eigenvalue weighted by molar-refractivity contribution is 1.34. The van der Waals surface area contributed by atoms with E-state index >= 15 is 0 Å². The van der Waals surface area contributed by atoms with Crippen molar-refractivity contribution < 1.29 is 0 Å². The van der Waals surface area contributed by atoms with Crippen LogP contribution in [0.3, 0.4) is 0 Å². The van der Waals surface area contributed by atoms with Gasteiger partial charge in [-0.25, -0.2) is 0 Å². The number of hydrogen-bond donors (Lipinski definition) is 0. The van der Waals surface area contributed by atoms with Crippen molar-refractivity contribution in [2.45, 2.75) is 0 Å². The van der Waals surface area contributed by atoms with Gasteiger partial charge in [0.25, 0.3) is 0 Å². The van der Waals surface area contributed by atoms with Crippen LogP contribution in [0.25, 0.3) is 10.6 Å². The highest BCUT2D eigenvalue weighted by molar-refractivity contribution is 7.14. The van der Waals surface area contributed by atoms with Gasteiger partial charge in [0.1, 0.15) is 5.69 Å². The SMILES string of the molecule is O=Nc1ccsc1-c1ccccn1. The van der Waals surface area contributed by atoms with E-state index in [-0.39, 0.29) is 0 Å². The van der Waals surface area contributed by atoms with Gasteiger partial charge in [0.05, 0.1) is 10.6 Å². The maximum Gasteiger partial charge on any atom is 0.128 e. The van der Waals surface area contributed by atoms with E-state index in [0.717, 1.165) is 10.6 Å². The third-order valence-corrected chi connectivity index (χ3v) is 2.57. The zero-order valence-electron chi connectivity index (χ0n) is 6.68. The average Bonchev–Trinajstić information content (AvgIpc) is 2.67. The van der Waals surface area contributed by atoms with Crippen molar-refractivity contribution in [1.29, 1.82) is 0 Å². The van der Waals surface area contributed by atoms with Gasteiger partial charge in [-0.1, -0.05) is 6.07 Å². The van der Waals surface area contributed by atoms with Gasteiger partial charge in [0.15, 0.2) is 0 Å². The lowest BCUT2D eigenvalue weighted by Gasteiger charge is -1.94. The van der Waals surface area contributed by atoms with Crippen molar-refractivity contribution in [3.8, 4) is 10.6 Å². The molecule has 13 heavy (non-hydrogen) atoms.